The highest BCUT2D eigenvalue weighted by Crippen LogP contribution is 2.18. The predicted octanol–water partition coefficient (Wildman–Crippen LogP) is 2.45. The predicted molar refractivity (Wildman–Crippen MR) is 85.2 cm³/mol. The van der Waals surface area contributed by atoms with Crippen molar-refractivity contribution in [3.05, 3.63) is 22.4 Å². The third-order valence-corrected chi connectivity index (χ3v) is 3.80. The number of hydrogen-bond donors (Lipinski definition) is 2. The molecule has 21 heavy (non-hydrogen) atoms. The number of amides is 2. The smallest absolute Gasteiger partial charge is 0.267 e. The van der Waals surface area contributed by atoms with Crippen molar-refractivity contribution in [2.75, 3.05) is 6.54 Å². The lowest BCUT2D eigenvalue weighted by Gasteiger charge is -2.08. The number of nitrogens with zero attached hydrogens (tertiary/aromatic N) is 1. The molecule has 1 aliphatic carbocycles. The van der Waals surface area contributed by atoms with Gasteiger partial charge in [0.15, 0.2) is 0 Å². The molecule has 2 N–H and O–H groups in total. The second kappa shape index (κ2) is 7.64. The Bertz CT molecular complexity index is 509. The summed E-state index contributed by atoms with van der Waals surface area (Å²) in [4.78, 5) is 23.6. The van der Waals surface area contributed by atoms with E-state index in [2.05, 4.69) is 33.5 Å². The maximum atomic E-state index is 12.1. The van der Waals surface area contributed by atoms with Gasteiger partial charge in [-0.3, -0.25) is 9.59 Å². The number of rotatable bonds is 8. The molecular formula is C15H22BrN3O2. The van der Waals surface area contributed by atoms with Crippen molar-refractivity contribution in [1.82, 2.24) is 15.2 Å². The minimum absolute atomic E-state index is 0.0863. The van der Waals surface area contributed by atoms with Crippen LogP contribution in [-0.4, -0.2) is 29.0 Å². The summed E-state index contributed by atoms with van der Waals surface area (Å²) in [6.07, 6.45) is 6.23. The Kier molecular flexibility index (Phi) is 5.85. The number of carbonyl (C=O) groups is 2. The molecule has 1 saturated carbocycles. The van der Waals surface area contributed by atoms with E-state index in [1.807, 2.05) is 16.8 Å². The van der Waals surface area contributed by atoms with Gasteiger partial charge in [-0.25, -0.2) is 0 Å². The molecule has 1 aromatic rings. The van der Waals surface area contributed by atoms with E-state index >= 15 is 0 Å². The molecule has 1 aliphatic rings. The minimum Gasteiger partial charge on any atom is -0.353 e. The van der Waals surface area contributed by atoms with Gasteiger partial charge in [0.05, 0.1) is 0 Å². The monoisotopic (exact) mass is 355 g/mol. The third kappa shape index (κ3) is 5.19. The molecule has 0 unspecified atom stereocenters. The van der Waals surface area contributed by atoms with E-state index in [-0.39, 0.29) is 11.8 Å². The fourth-order valence-electron chi connectivity index (χ4n) is 2.16. The molecule has 2 amide bonds. The molecule has 2 rings (SSSR count). The van der Waals surface area contributed by atoms with Crippen LogP contribution in [0.2, 0.25) is 0 Å². The first-order valence-electron chi connectivity index (χ1n) is 7.53. The Morgan fingerprint density at radius 3 is 2.86 bits per heavy atom. The highest BCUT2D eigenvalue weighted by molar-refractivity contribution is 9.10. The van der Waals surface area contributed by atoms with E-state index in [0.29, 0.717) is 31.1 Å². The van der Waals surface area contributed by atoms with Crippen molar-refractivity contribution in [3.63, 3.8) is 0 Å². The molecule has 6 heteroatoms. The van der Waals surface area contributed by atoms with Crippen LogP contribution in [0.4, 0.5) is 0 Å². The average Bonchev–Trinajstić information content (AvgIpc) is 3.17. The van der Waals surface area contributed by atoms with Crippen LogP contribution in [0, 0.1) is 0 Å². The number of aromatic nitrogens is 1. The Balaban J connectivity index is 1.72. The van der Waals surface area contributed by atoms with Gasteiger partial charge < -0.3 is 15.2 Å². The lowest BCUT2D eigenvalue weighted by atomic mass is 10.3. The van der Waals surface area contributed by atoms with Crippen LogP contribution >= 0.6 is 15.9 Å². The molecule has 0 saturated heterocycles. The van der Waals surface area contributed by atoms with Gasteiger partial charge in [0.1, 0.15) is 5.69 Å². The Morgan fingerprint density at radius 1 is 1.43 bits per heavy atom. The van der Waals surface area contributed by atoms with E-state index in [0.717, 1.165) is 30.3 Å². The third-order valence-electron chi connectivity index (χ3n) is 3.37. The van der Waals surface area contributed by atoms with Crippen molar-refractivity contribution in [3.8, 4) is 0 Å². The molecule has 1 aromatic heterocycles. The molecule has 0 aromatic carbocycles. The van der Waals surface area contributed by atoms with Crippen molar-refractivity contribution in [2.45, 2.75) is 51.6 Å². The van der Waals surface area contributed by atoms with E-state index in [1.54, 1.807) is 0 Å². The zero-order valence-electron chi connectivity index (χ0n) is 12.3. The van der Waals surface area contributed by atoms with Crippen molar-refractivity contribution in [1.29, 1.82) is 0 Å². The zero-order chi connectivity index (χ0) is 15.2. The second-order valence-corrected chi connectivity index (χ2v) is 6.35. The number of nitrogens with one attached hydrogen (secondary N) is 2. The summed E-state index contributed by atoms with van der Waals surface area (Å²) in [5, 5.41) is 5.82. The van der Waals surface area contributed by atoms with Crippen LogP contribution in [0.5, 0.6) is 0 Å². The fourth-order valence-corrected chi connectivity index (χ4v) is 2.62. The van der Waals surface area contributed by atoms with Crippen molar-refractivity contribution >= 4 is 27.7 Å². The summed E-state index contributed by atoms with van der Waals surface area (Å²) in [7, 11) is 0. The van der Waals surface area contributed by atoms with Gasteiger partial charge in [-0.15, -0.1) is 0 Å². The molecule has 116 valence electrons. The summed E-state index contributed by atoms with van der Waals surface area (Å²) in [6, 6.07) is 2.23. The standard InChI is InChI=1S/C15H22BrN3O2/c1-2-8-19-10-11(16)9-13(19)15(21)17-7-3-4-14(20)18-12-5-6-12/h9-10,12H,2-8H2,1H3,(H,17,21)(H,18,20). The largest absolute Gasteiger partial charge is 0.353 e. The Labute approximate surface area is 133 Å². The van der Waals surface area contributed by atoms with E-state index < -0.39 is 0 Å². The van der Waals surface area contributed by atoms with Crippen molar-refractivity contribution in [2.24, 2.45) is 0 Å². The second-order valence-electron chi connectivity index (χ2n) is 5.44. The van der Waals surface area contributed by atoms with Crippen LogP contribution in [0.1, 0.15) is 49.5 Å². The van der Waals surface area contributed by atoms with Gasteiger partial charge in [-0.1, -0.05) is 6.92 Å². The maximum absolute atomic E-state index is 12.1. The summed E-state index contributed by atoms with van der Waals surface area (Å²) >= 11 is 3.40. The highest BCUT2D eigenvalue weighted by Gasteiger charge is 2.22. The number of aryl methyl sites for hydroxylation is 1. The topological polar surface area (TPSA) is 63.1 Å². The minimum atomic E-state index is -0.0863. The molecule has 0 radical (unpaired) electrons. The summed E-state index contributed by atoms with van der Waals surface area (Å²) in [5.41, 5.74) is 0.658. The summed E-state index contributed by atoms with van der Waals surface area (Å²) < 4.78 is 2.85. The van der Waals surface area contributed by atoms with E-state index in [9.17, 15) is 9.59 Å². The van der Waals surface area contributed by atoms with Gasteiger partial charge in [0.25, 0.3) is 5.91 Å². The molecular weight excluding hydrogens is 334 g/mol. The summed E-state index contributed by atoms with van der Waals surface area (Å²) in [5.74, 6) is 0.000558. The van der Waals surface area contributed by atoms with Crippen LogP contribution in [0.15, 0.2) is 16.7 Å². The fraction of sp³-hybridized carbons (Fsp3) is 0.600. The quantitative estimate of drug-likeness (QED) is 0.703. The Hall–Kier alpha value is -1.30. The van der Waals surface area contributed by atoms with Crippen LogP contribution in [0.25, 0.3) is 0 Å². The van der Waals surface area contributed by atoms with Gasteiger partial charge in [-0.2, -0.15) is 0 Å². The molecule has 1 fully saturated rings. The SMILES string of the molecule is CCCn1cc(Br)cc1C(=O)NCCCC(=O)NC1CC1. The number of hydrogen-bond acceptors (Lipinski definition) is 2. The first kappa shape index (κ1) is 16.1. The van der Waals surface area contributed by atoms with Gasteiger partial charge in [0.2, 0.25) is 5.91 Å². The molecule has 5 nitrogen and oxygen atoms in total. The van der Waals surface area contributed by atoms with Gasteiger partial charge in [-0.05, 0) is 47.7 Å². The first-order chi connectivity index (χ1) is 10.1. The maximum Gasteiger partial charge on any atom is 0.267 e. The normalized spacial score (nSPS) is 14.0. The van der Waals surface area contributed by atoms with Gasteiger partial charge >= 0.3 is 0 Å². The number of carbonyl (C=O) groups excluding carboxylic acids is 2. The average molecular weight is 356 g/mol. The number of halogens is 1. The van der Waals surface area contributed by atoms with E-state index in [1.165, 1.54) is 0 Å². The van der Waals surface area contributed by atoms with E-state index in [4.69, 9.17) is 0 Å². The lowest BCUT2D eigenvalue weighted by molar-refractivity contribution is -0.121. The highest BCUT2D eigenvalue weighted by atomic mass is 79.9. The lowest BCUT2D eigenvalue weighted by Crippen LogP contribution is -2.29. The molecule has 1 heterocycles. The van der Waals surface area contributed by atoms with Gasteiger partial charge in [0, 0.05) is 36.2 Å². The molecule has 0 bridgehead atoms. The van der Waals surface area contributed by atoms with Crippen LogP contribution in [0.3, 0.4) is 0 Å². The molecule has 0 aliphatic heterocycles. The first-order valence-corrected chi connectivity index (χ1v) is 8.32. The molecule has 0 atom stereocenters. The Morgan fingerprint density at radius 2 is 2.19 bits per heavy atom. The van der Waals surface area contributed by atoms with Crippen molar-refractivity contribution < 1.29 is 9.59 Å². The zero-order valence-corrected chi connectivity index (χ0v) is 13.9. The molecule has 0 spiro atoms. The van der Waals surface area contributed by atoms with Crippen LogP contribution < -0.4 is 10.6 Å². The van der Waals surface area contributed by atoms with Crippen LogP contribution in [-0.2, 0) is 11.3 Å². The summed E-state index contributed by atoms with van der Waals surface area (Å²) in [6.45, 7) is 3.41.